The van der Waals surface area contributed by atoms with Gasteiger partial charge in [0.2, 0.25) is 11.8 Å². The van der Waals surface area contributed by atoms with Crippen LogP contribution in [0.25, 0.3) is 32.7 Å². The predicted octanol–water partition coefficient (Wildman–Crippen LogP) is 5.71. The van der Waals surface area contributed by atoms with E-state index in [-0.39, 0.29) is 36.4 Å². The average molecular weight is 805 g/mol. The van der Waals surface area contributed by atoms with Crippen molar-refractivity contribution in [1.82, 2.24) is 40.4 Å². The second-order valence-corrected chi connectivity index (χ2v) is 16.6. The normalized spacial score (nSPS) is 17.8. The first-order chi connectivity index (χ1) is 28.1. The molecule has 15 heteroatoms. The van der Waals surface area contributed by atoms with E-state index in [0.29, 0.717) is 42.0 Å². The lowest BCUT2D eigenvalue weighted by Gasteiger charge is -2.39. The van der Waals surface area contributed by atoms with Gasteiger partial charge in [-0.3, -0.25) is 14.5 Å². The summed E-state index contributed by atoms with van der Waals surface area (Å²) < 4.78 is 11.6. The van der Waals surface area contributed by atoms with Gasteiger partial charge in [-0.25, -0.2) is 4.98 Å². The number of amides is 2. The molecule has 0 saturated carbocycles. The molecule has 4 aromatic heterocycles. The van der Waals surface area contributed by atoms with Crippen molar-refractivity contribution < 1.29 is 29.1 Å². The average Bonchev–Trinajstić information content (AvgIpc) is 4.01. The number of likely N-dealkylation sites (tertiary alicyclic amines) is 2. The number of β-amino-alcohol motifs (C(OH)–C–C–N with tert-alkyl or cyclic N) is 1. The molecule has 6 aromatic rings. The number of phenols is 1. The number of aliphatic hydroxyl groups excluding tert-OH is 1. The fourth-order valence-corrected chi connectivity index (χ4v) is 8.80. The number of hydrogen-bond donors (Lipinski definition) is 4. The van der Waals surface area contributed by atoms with Gasteiger partial charge in [-0.15, -0.1) is 21.5 Å². The molecule has 6 heterocycles. The first kappa shape index (κ1) is 39.2. The summed E-state index contributed by atoms with van der Waals surface area (Å²) in [7, 11) is 0. The Balaban J connectivity index is 0.789. The molecule has 2 aliphatic heterocycles. The Bertz CT molecular complexity index is 2370. The zero-order valence-corrected chi connectivity index (χ0v) is 33.6. The zero-order valence-electron chi connectivity index (χ0n) is 32.8. The molecule has 0 bridgehead atoms. The lowest BCUT2D eigenvalue weighted by atomic mass is 9.91. The Hall–Kier alpha value is -5.64. The maximum absolute atomic E-state index is 14.0. The van der Waals surface area contributed by atoms with E-state index in [1.54, 1.807) is 29.5 Å². The number of nitrogens with zero attached hydrogens (tertiary/aromatic N) is 6. The van der Waals surface area contributed by atoms with E-state index in [0.717, 1.165) is 70.9 Å². The molecule has 2 amide bonds. The number of carbonyl (C=O) groups excluding carboxylic acids is 2. The molecule has 14 nitrogen and oxygen atoms in total. The van der Waals surface area contributed by atoms with E-state index in [1.807, 2.05) is 68.7 Å². The summed E-state index contributed by atoms with van der Waals surface area (Å²) in [5.74, 6) is -0.0240. The molecule has 8 rings (SSSR count). The molecule has 58 heavy (non-hydrogen) atoms. The van der Waals surface area contributed by atoms with Crippen LogP contribution in [0.5, 0.6) is 11.6 Å². The second kappa shape index (κ2) is 17.1. The number of benzene rings is 2. The van der Waals surface area contributed by atoms with Crippen LogP contribution in [0.15, 0.2) is 76.8 Å². The third kappa shape index (κ3) is 8.61. The van der Waals surface area contributed by atoms with Gasteiger partial charge < -0.3 is 34.7 Å². The van der Waals surface area contributed by atoms with Gasteiger partial charge in [0.05, 0.1) is 27.9 Å². The Morgan fingerprint density at radius 2 is 1.88 bits per heavy atom. The van der Waals surface area contributed by atoms with Gasteiger partial charge in [0.15, 0.2) is 11.4 Å². The van der Waals surface area contributed by atoms with Gasteiger partial charge in [-0.2, -0.15) is 0 Å². The number of thiazole rings is 1. The minimum absolute atomic E-state index is 0.0650. The highest BCUT2D eigenvalue weighted by Gasteiger charge is 2.43. The number of rotatable bonds is 15. The number of H-pyrrole nitrogens is 1. The molecule has 2 aromatic carbocycles. The highest BCUT2D eigenvalue weighted by atomic mass is 32.1. The number of fused-ring (bicyclic) bond motifs is 1. The van der Waals surface area contributed by atoms with Crippen LogP contribution in [0.4, 0.5) is 0 Å². The minimum Gasteiger partial charge on any atom is -0.507 e. The van der Waals surface area contributed by atoms with Gasteiger partial charge in [0, 0.05) is 61.9 Å². The Morgan fingerprint density at radius 1 is 1.07 bits per heavy atom. The van der Waals surface area contributed by atoms with Crippen molar-refractivity contribution in [1.29, 1.82) is 0 Å². The summed E-state index contributed by atoms with van der Waals surface area (Å²) in [5, 5.41) is 37.5. The molecular formula is C43H48N8O6S. The van der Waals surface area contributed by atoms with Crippen LogP contribution in [0.2, 0.25) is 0 Å². The van der Waals surface area contributed by atoms with Gasteiger partial charge in [0.25, 0.3) is 5.88 Å². The first-order valence-corrected chi connectivity index (χ1v) is 20.7. The van der Waals surface area contributed by atoms with Gasteiger partial charge in [0.1, 0.15) is 24.3 Å². The lowest BCUT2D eigenvalue weighted by molar-refractivity contribution is -0.141. The summed E-state index contributed by atoms with van der Waals surface area (Å²) in [6.45, 7) is 9.31. The molecule has 2 fully saturated rings. The highest BCUT2D eigenvalue weighted by molar-refractivity contribution is 7.13. The summed E-state index contributed by atoms with van der Waals surface area (Å²) in [6, 6.07) is 20.0. The Kier molecular flexibility index (Phi) is 11.5. The number of aromatic nitrogens is 5. The monoisotopic (exact) mass is 804 g/mol. The number of aromatic amines is 1. The fourth-order valence-electron chi connectivity index (χ4n) is 7.99. The van der Waals surface area contributed by atoms with E-state index < -0.39 is 18.1 Å². The maximum Gasteiger partial charge on any atom is 0.254 e. The number of nitrogens with one attached hydrogen (secondary N) is 2. The lowest BCUT2D eigenvalue weighted by Crippen LogP contribution is -2.48. The van der Waals surface area contributed by atoms with Crippen molar-refractivity contribution in [3.05, 3.63) is 95.0 Å². The minimum atomic E-state index is -0.807. The SMILES string of the molecule is Cc1ncsc1-c1ccc(CNC(=O)[C@@H]2C[C@@H](O)CN2C(=O)[C@@H](c2cc(OCCN3CC(CCc4cc5cc(-c6ccccc6O)nnc5[nH]4)C3)no2)C(C)C)cc1. The van der Waals surface area contributed by atoms with Crippen LogP contribution in [0.3, 0.4) is 0 Å². The van der Waals surface area contributed by atoms with Crippen molar-refractivity contribution in [2.75, 3.05) is 32.8 Å². The predicted molar refractivity (Wildman–Crippen MR) is 219 cm³/mol. The number of aromatic hydroxyl groups is 1. The number of ether oxygens (including phenoxy) is 1. The van der Waals surface area contributed by atoms with Crippen LogP contribution in [-0.4, -0.2) is 102 Å². The van der Waals surface area contributed by atoms with Crippen molar-refractivity contribution in [3.8, 4) is 33.3 Å². The zero-order chi connectivity index (χ0) is 40.3. The van der Waals surface area contributed by atoms with Crippen molar-refractivity contribution >= 4 is 34.2 Å². The van der Waals surface area contributed by atoms with Gasteiger partial charge in [-0.1, -0.05) is 50.2 Å². The van der Waals surface area contributed by atoms with Crippen molar-refractivity contribution in [2.24, 2.45) is 11.8 Å². The topological polar surface area (TPSA) is 183 Å². The smallest absolute Gasteiger partial charge is 0.254 e. The quantitative estimate of drug-likeness (QED) is 0.0998. The molecule has 0 unspecified atom stereocenters. The largest absolute Gasteiger partial charge is 0.507 e. The molecule has 0 spiro atoms. The van der Waals surface area contributed by atoms with Gasteiger partial charge in [-0.05, 0) is 72.2 Å². The summed E-state index contributed by atoms with van der Waals surface area (Å²) in [6.07, 6.45) is 1.30. The molecular weight excluding hydrogens is 757 g/mol. The van der Waals surface area contributed by atoms with E-state index in [9.17, 15) is 19.8 Å². The maximum atomic E-state index is 14.0. The molecule has 4 N–H and O–H groups in total. The summed E-state index contributed by atoms with van der Waals surface area (Å²) >= 11 is 1.59. The molecule has 302 valence electrons. The van der Waals surface area contributed by atoms with E-state index in [2.05, 4.69) is 41.6 Å². The van der Waals surface area contributed by atoms with Gasteiger partial charge >= 0.3 is 0 Å². The Morgan fingerprint density at radius 3 is 2.64 bits per heavy atom. The molecule has 2 aliphatic rings. The number of para-hydroxylation sites is 1. The van der Waals surface area contributed by atoms with Crippen molar-refractivity contribution in [3.63, 3.8) is 0 Å². The number of carbonyl (C=O) groups is 2. The molecule has 2 saturated heterocycles. The number of aliphatic hydroxyl groups is 1. The van der Waals surface area contributed by atoms with Crippen LogP contribution in [0.1, 0.15) is 55.3 Å². The third-order valence-corrected chi connectivity index (χ3v) is 12.1. The highest BCUT2D eigenvalue weighted by Crippen LogP contribution is 2.33. The van der Waals surface area contributed by atoms with Crippen molar-refractivity contribution in [2.45, 2.75) is 64.6 Å². The molecule has 3 atom stereocenters. The summed E-state index contributed by atoms with van der Waals surface area (Å²) in [5.41, 5.74) is 7.96. The van der Waals surface area contributed by atoms with Crippen LogP contribution < -0.4 is 10.1 Å². The standard InChI is InChI=1S/C43H48N8O6S/c1-25(2)39(43(55)51-23-32(52)18-35(51)42(54)44-20-27-8-11-29(12-9-27)40-26(3)45-24-58-40)37-19-38(49-57-37)56-15-14-50-21-28(22-50)10-13-31-16-30-17-34(47-48-41(30)46-31)33-6-4-5-7-36(33)53/h4-9,11-12,16-17,19,24-25,28,32,35,39,52-53H,10,13-15,18,20-23H2,1-3H3,(H,44,54)(H,46,48)/t32-,35+,39-/m1/s1. The summed E-state index contributed by atoms with van der Waals surface area (Å²) in [4.78, 5) is 40.1. The van der Waals surface area contributed by atoms with E-state index >= 15 is 0 Å². The fraction of sp³-hybridized carbons (Fsp3) is 0.395. The first-order valence-electron chi connectivity index (χ1n) is 19.8. The Labute approximate surface area is 340 Å². The molecule has 0 aliphatic carbocycles. The second-order valence-electron chi connectivity index (χ2n) is 15.7. The molecule has 0 radical (unpaired) electrons. The van der Waals surface area contributed by atoms with Crippen LogP contribution >= 0.6 is 11.3 Å². The number of aryl methyl sites for hydroxylation is 2. The third-order valence-electron chi connectivity index (χ3n) is 11.2. The van der Waals surface area contributed by atoms with Crippen LogP contribution in [0, 0.1) is 18.8 Å². The number of hydrogen-bond acceptors (Lipinski definition) is 12. The van der Waals surface area contributed by atoms with E-state index in [4.69, 9.17) is 9.26 Å². The number of phenolic OH excluding ortho intramolecular Hbond substituents is 1. The van der Waals surface area contributed by atoms with Crippen LogP contribution in [-0.2, 0) is 22.6 Å². The van der Waals surface area contributed by atoms with E-state index in [1.165, 1.54) is 4.90 Å².